The zero-order valence-corrected chi connectivity index (χ0v) is 12.2. The third kappa shape index (κ3) is 2.82. The van der Waals surface area contributed by atoms with E-state index in [-0.39, 0.29) is 11.8 Å². The van der Waals surface area contributed by atoms with Crippen LogP contribution in [0.1, 0.15) is 44.1 Å². The molecule has 3 unspecified atom stereocenters. The molecule has 3 atom stereocenters. The van der Waals surface area contributed by atoms with Crippen molar-refractivity contribution in [3.63, 3.8) is 0 Å². The largest absolute Gasteiger partial charge is 0.385 e. The van der Waals surface area contributed by atoms with E-state index in [0.29, 0.717) is 5.92 Å². The van der Waals surface area contributed by atoms with Gasteiger partial charge in [-0.25, -0.2) is 0 Å². The molecule has 1 aromatic carbocycles. The fourth-order valence-electron chi connectivity index (χ4n) is 3.62. The molecule has 1 amide bonds. The highest BCUT2D eigenvalue weighted by molar-refractivity contribution is 5.86. The van der Waals surface area contributed by atoms with Crippen LogP contribution >= 0.6 is 0 Å². The summed E-state index contributed by atoms with van der Waals surface area (Å²) in [5.74, 6) is 1.74. The van der Waals surface area contributed by atoms with Crippen LogP contribution in [0.25, 0.3) is 0 Å². The third-order valence-electron chi connectivity index (χ3n) is 4.77. The lowest BCUT2D eigenvalue weighted by molar-refractivity contribution is -0.122. The molecule has 1 saturated carbocycles. The van der Waals surface area contributed by atoms with Gasteiger partial charge < -0.3 is 10.6 Å². The normalized spacial score (nSPS) is 28.6. The molecule has 20 heavy (non-hydrogen) atoms. The van der Waals surface area contributed by atoms with Crippen LogP contribution in [0, 0.1) is 11.8 Å². The highest BCUT2D eigenvalue weighted by atomic mass is 16.1. The Bertz CT molecular complexity index is 486. The molecule has 0 bridgehead atoms. The zero-order chi connectivity index (χ0) is 13.9. The molecule has 0 radical (unpaired) electrons. The van der Waals surface area contributed by atoms with Crippen LogP contribution in [0.5, 0.6) is 0 Å². The van der Waals surface area contributed by atoms with E-state index in [1.54, 1.807) is 0 Å². The Balaban J connectivity index is 1.60. The van der Waals surface area contributed by atoms with Gasteiger partial charge in [-0.05, 0) is 42.7 Å². The molecule has 2 aliphatic rings. The molecule has 3 nitrogen and oxygen atoms in total. The maximum Gasteiger partial charge on any atom is 0.227 e. The zero-order valence-electron chi connectivity index (χ0n) is 12.2. The Kier molecular flexibility index (Phi) is 3.95. The number of amides is 1. The van der Waals surface area contributed by atoms with Gasteiger partial charge in [0.1, 0.15) is 0 Å². The molecule has 3 rings (SSSR count). The van der Waals surface area contributed by atoms with Crippen LogP contribution in [-0.4, -0.2) is 19.0 Å². The first kappa shape index (κ1) is 13.5. The van der Waals surface area contributed by atoms with E-state index >= 15 is 0 Å². The van der Waals surface area contributed by atoms with Gasteiger partial charge in [0.2, 0.25) is 5.91 Å². The van der Waals surface area contributed by atoms with Crippen molar-refractivity contribution in [2.45, 2.75) is 38.5 Å². The number of fused-ring (bicyclic) bond motifs is 1. The van der Waals surface area contributed by atoms with Crippen LogP contribution in [0.3, 0.4) is 0 Å². The summed E-state index contributed by atoms with van der Waals surface area (Å²) < 4.78 is 0. The Hall–Kier alpha value is -1.51. The number of rotatable bonds is 3. The van der Waals surface area contributed by atoms with Crippen molar-refractivity contribution in [3.05, 3.63) is 29.8 Å². The van der Waals surface area contributed by atoms with E-state index in [4.69, 9.17) is 0 Å². The maximum absolute atomic E-state index is 12.5. The van der Waals surface area contributed by atoms with Crippen molar-refractivity contribution in [1.29, 1.82) is 0 Å². The van der Waals surface area contributed by atoms with E-state index in [1.807, 2.05) is 12.1 Å². The first-order valence-electron chi connectivity index (χ1n) is 7.84. The van der Waals surface area contributed by atoms with Gasteiger partial charge in [0.15, 0.2) is 0 Å². The number of carbonyl (C=O) groups is 1. The first-order valence-corrected chi connectivity index (χ1v) is 7.84. The predicted octanol–water partition coefficient (Wildman–Crippen LogP) is 3.14. The van der Waals surface area contributed by atoms with E-state index < -0.39 is 0 Å². The van der Waals surface area contributed by atoms with Crippen molar-refractivity contribution < 1.29 is 4.79 Å². The monoisotopic (exact) mass is 272 g/mol. The summed E-state index contributed by atoms with van der Waals surface area (Å²) in [5, 5.41) is 6.56. The number of hydrogen-bond donors (Lipinski definition) is 2. The molecule has 1 fully saturated rings. The number of para-hydroxylation sites is 1. The van der Waals surface area contributed by atoms with Crippen LogP contribution in [0.2, 0.25) is 0 Å². The van der Waals surface area contributed by atoms with Gasteiger partial charge in [-0.1, -0.05) is 31.5 Å². The molecule has 0 spiro atoms. The smallest absolute Gasteiger partial charge is 0.227 e. The Morgan fingerprint density at radius 3 is 2.95 bits per heavy atom. The fraction of sp³-hybridized carbons (Fsp3) is 0.588. The molecule has 1 aliphatic carbocycles. The van der Waals surface area contributed by atoms with E-state index in [9.17, 15) is 4.79 Å². The molecule has 2 N–H and O–H groups in total. The van der Waals surface area contributed by atoms with Crippen LogP contribution < -0.4 is 10.6 Å². The van der Waals surface area contributed by atoms with Gasteiger partial charge in [0.25, 0.3) is 0 Å². The van der Waals surface area contributed by atoms with Crippen LogP contribution in [-0.2, 0) is 4.79 Å². The number of benzene rings is 1. The van der Waals surface area contributed by atoms with Gasteiger partial charge >= 0.3 is 0 Å². The summed E-state index contributed by atoms with van der Waals surface area (Å²) in [6, 6.07) is 8.17. The van der Waals surface area contributed by atoms with Crippen molar-refractivity contribution in [2.24, 2.45) is 11.8 Å². The second-order valence-electron chi connectivity index (χ2n) is 6.38. The molecular formula is C17H24N2O. The maximum atomic E-state index is 12.5. The van der Waals surface area contributed by atoms with Gasteiger partial charge in [0.05, 0.1) is 5.92 Å². The number of carbonyl (C=O) groups excluding carboxylic acids is 1. The molecule has 1 aliphatic heterocycles. The van der Waals surface area contributed by atoms with Crippen LogP contribution in [0.15, 0.2) is 24.3 Å². The second kappa shape index (κ2) is 5.86. The molecule has 3 heteroatoms. The number of hydrogen-bond acceptors (Lipinski definition) is 2. The van der Waals surface area contributed by atoms with E-state index in [1.165, 1.54) is 19.3 Å². The minimum absolute atomic E-state index is 0.0197. The average molecular weight is 272 g/mol. The third-order valence-corrected chi connectivity index (χ3v) is 4.77. The van der Waals surface area contributed by atoms with Gasteiger partial charge in [-0.3, -0.25) is 4.79 Å². The van der Waals surface area contributed by atoms with E-state index in [0.717, 1.165) is 36.7 Å². The van der Waals surface area contributed by atoms with Crippen molar-refractivity contribution in [1.82, 2.24) is 5.32 Å². The second-order valence-corrected chi connectivity index (χ2v) is 6.38. The highest BCUT2D eigenvalue weighted by Crippen LogP contribution is 2.32. The van der Waals surface area contributed by atoms with Crippen LogP contribution in [0.4, 0.5) is 5.69 Å². The molecule has 1 heterocycles. The fourth-order valence-corrected chi connectivity index (χ4v) is 3.62. The van der Waals surface area contributed by atoms with Gasteiger partial charge in [0, 0.05) is 18.8 Å². The summed E-state index contributed by atoms with van der Waals surface area (Å²) in [4.78, 5) is 12.5. The predicted molar refractivity (Wildman–Crippen MR) is 81.8 cm³/mol. The summed E-state index contributed by atoms with van der Waals surface area (Å²) in [5.41, 5.74) is 2.27. The first-order chi connectivity index (χ1) is 9.74. The lowest BCUT2D eigenvalue weighted by Gasteiger charge is -2.26. The topological polar surface area (TPSA) is 41.1 Å². The SMILES string of the molecule is CC1CCC(CNC(=O)C2CCNc3ccccc32)C1. The van der Waals surface area contributed by atoms with E-state index in [2.05, 4.69) is 29.7 Å². The summed E-state index contributed by atoms with van der Waals surface area (Å²) in [6.07, 6.45) is 4.74. The molecule has 108 valence electrons. The highest BCUT2D eigenvalue weighted by Gasteiger charge is 2.27. The molecule has 1 aromatic rings. The quantitative estimate of drug-likeness (QED) is 0.887. The van der Waals surface area contributed by atoms with Gasteiger partial charge in [-0.2, -0.15) is 0 Å². The summed E-state index contributed by atoms with van der Waals surface area (Å²) in [7, 11) is 0. The van der Waals surface area contributed by atoms with Crippen molar-refractivity contribution in [3.8, 4) is 0 Å². The van der Waals surface area contributed by atoms with Crippen molar-refractivity contribution in [2.75, 3.05) is 18.4 Å². The lowest BCUT2D eigenvalue weighted by Crippen LogP contribution is -2.35. The average Bonchev–Trinajstić information content (AvgIpc) is 2.90. The number of nitrogens with one attached hydrogen (secondary N) is 2. The Morgan fingerprint density at radius 2 is 2.15 bits per heavy atom. The Morgan fingerprint density at radius 1 is 1.30 bits per heavy atom. The van der Waals surface area contributed by atoms with Gasteiger partial charge in [-0.15, -0.1) is 0 Å². The standard InChI is InChI=1S/C17H24N2O/c1-12-6-7-13(10-12)11-19-17(20)15-8-9-18-16-5-3-2-4-14(15)16/h2-5,12-13,15,18H,6-11H2,1H3,(H,19,20). The minimum Gasteiger partial charge on any atom is -0.385 e. The summed E-state index contributed by atoms with van der Waals surface area (Å²) >= 11 is 0. The molecular weight excluding hydrogens is 248 g/mol. The minimum atomic E-state index is 0.0197. The van der Waals surface area contributed by atoms with Crippen molar-refractivity contribution >= 4 is 11.6 Å². The number of anilines is 1. The Labute approximate surface area is 121 Å². The lowest BCUT2D eigenvalue weighted by atomic mass is 9.90. The molecule has 0 aromatic heterocycles. The summed E-state index contributed by atoms with van der Waals surface area (Å²) in [6.45, 7) is 4.05. The molecule has 0 saturated heterocycles.